The standard InChI is InChI=1S/C19H39N/c1-3-5-6-7-8-9-10-11-12-16-19(20-4-2)17-18-14-13-15-18/h18-20H,3-17H2,1-2H3. The van der Waals surface area contributed by atoms with Crippen LogP contribution in [0.3, 0.4) is 0 Å². The zero-order valence-electron chi connectivity index (χ0n) is 14.3. The van der Waals surface area contributed by atoms with Gasteiger partial charge in [-0.2, -0.15) is 0 Å². The number of unbranched alkanes of at least 4 members (excludes halogenated alkanes) is 8. The van der Waals surface area contributed by atoms with Crippen LogP contribution in [0.25, 0.3) is 0 Å². The van der Waals surface area contributed by atoms with E-state index in [0.29, 0.717) is 0 Å². The Morgan fingerprint density at radius 1 is 0.850 bits per heavy atom. The van der Waals surface area contributed by atoms with Gasteiger partial charge in [0.1, 0.15) is 0 Å². The molecule has 1 N–H and O–H groups in total. The lowest BCUT2D eigenvalue weighted by Gasteiger charge is -2.30. The lowest BCUT2D eigenvalue weighted by atomic mass is 9.80. The Hall–Kier alpha value is -0.0400. The summed E-state index contributed by atoms with van der Waals surface area (Å²) in [4.78, 5) is 0. The van der Waals surface area contributed by atoms with E-state index in [4.69, 9.17) is 0 Å². The second kappa shape index (κ2) is 12.7. The van der Waals surface area contributed by atoms with Crippen LogP contribution in [0.15, 0.2) is 0 Å². The molecule has 1 fully saturated rings. The first-order valence-corrected chi connectivity index (χ1v) is 9.60. The molecular formula is C19H39N. The summed E-state index contributed by atoms with van der Waals surface area (Å²) in [6.07, 6.45) is 20.4. The smallest absolute Gasteiger partial charge is 0.00695 e. The fourth-order valence-electron chi connectivity index (χ4n) is 3.42. The largest absolute Gasteiger partial charge is 0.314 e. The van der Waals surface area contributed by atoms with E-state index >= 15 is 0 Å². The fraction of sp³-hybridized carbons (Fsp3) is 1.00. The predicted octanol–water partition coefficient (Wildman–Crippen LogP) is 6.08. The Morgan fingerprint density at radius 2 is 1.45 bits per heavy atom. The molecule has 1 aliphatic rings. The highest BCUT2D eigenvalue weighted by Gasteiger charge is 2.21. The molecule has 0 radical (unpaired) electrons. The lowest BCUT2D eigenvalue weighted by Crippen LogP contribution is -2.32. The van der Waals surface area contributed by atoms with E-state index < -0.39 is 0 Å². The van der Waals surface area contributed by atoms with Gasteiger partial charge in [-0.15, -0.1) is 0 Å². The van der Waals surface area contributed by atoms with E-state index in [2.05, 4.69) is 19.2 Å². The molecule has 0 aromatic rings. The number of rotatable bonds is 14. The molecule has 0 aliphatic heterocycles. The Kier molecular flexibility index (Phi) is 11.4. The number of hydrogen-bond donors (Lipinski definition) is 1. The van der Waals surface area contributed by atoms with Gasteiger partial charge in [0.25, 0.3) is 0 Å². The maximum absolute atomic E-state index is 3.71. The summed E-state index contributed by atoms with van der Waals surface area (Å²) in [5.41, 5.74) is 0. The highest BCUT2D eigenvalue weighted by atomic mass is 14.9. The molecule has 0 spiro atoms. The van der Waals surface area contributed by atoms with Crippen molar-refractivity contribution in [1.29, 1.82) is 0 Å². The van der Waals surface area contributed by atoms with E-state index in [0.717, 1.165) is 18.5 Å². The van der Waals surface area contributed by atoms with Crippen LogP contribution < -0.4 is 5.32 Å². The summed E-state index contributed by atoms with van der Waals surface area (Å²) in [5.74, 6) is 1.05. The van der Waals surface area contributed by atoms with E-state index in [1.807, 2.05) is 0 Å². The first-order chi connectivity index (χ1) is 9.86. The van der Waals surface area contributed by atoms with Crippen molar-refractivity contribution in [3.05, 3.63) is 0 Å². The molecule has 0 bridgehead atoms. The van der Waals surface area contributed by atoms with Crippen LogP contribution in [-0.4, -0.2) is 12.6 Å². The maximum atomic E-state index is 3.71. The maximum Gasteiger partial charge on any atom is 0.00695 e. The Labute approximate surface area is 128 Å². The average molecular weight is 282 g/mol. The Morgan fingerprint density at radius 3 is 1.95 bits per heavy atom. The van der Waals surface area contributed by atoms with Gasteiger partial charge in [0.15, 0.2) is 0 Å². The van der Waals surface area contributed by atoms with Crippen LogP contribution >= 0.6 is 0 Å². The minimum atomic E-state index is 0.815. The summed E-state index contributed by atoms with van der Waals surface area (Å²) in [6.45, 7) is 5.70. The van der Waals surface area contributed by atoms with Crippen molar-refractivity contribution in [2.75, 3.05) is 6.54 Å². The number of nitrogens with one attached hydrogen (secondary N) is 1. The lowest BCUT2D eigenvalue weighted by molar-refractivity contribution is 0.253. The van der Waals surface area contributed by atoms with Crippen molar-refractivity contribution in [2.45, 2.75) is 110 Å². The van der Waals surface area contributed by atoms with Crippen molar-refractivity contribution in [2.24, 2.45) is 5.92 Å². The molecule has 1 nitrogen and oxygen atoms in total. The van der Waals surface area contributed by atoms with Crippen LogP contribution in [0.5, 0.6) is 0 Å². The molecule has 20 heavy (non-hydrogen) atoms. The molecule has 1 saturated carbocycles. The summed E-state index contributed by atoms with van der Waals surface area (Å²) in [6, 6.07) is 0.815. The zero-order valence-corrected chi connectivity index (χ0v) is 14.3. The fourth-order valence-corrected chi connectivity index (χ4v) is 3.42. The molecule has 0 aromatic carbocycles. The van der Waals surface area contributed by atoms with Crippen molar-refractivity contribution < 1.29 is 0 Å². The topological polar surface area (TPSA) is 12.0 Å². The van der Waals surface area contributed by atoms with Crippen molar-refractivity contribution in [1.82, 2.24) is 5.32 Å². The molecule has 0 amide bonds. The molecular weight excluding hydrogens is 242 g/mol. The summed E-state index contributed by atoms with van der Waals surface area (Å²) >= 11 is 0. The zero-order chi connectivity index (χ0) is 14.5. The van der Waals surface area contributed by atoms with E-state index in [-0.39, 0.29) is 0 Å². The van der Waals surface area contributed by atoms with Gasteiger partial charge in [-0.3, -0.25) is 0 Å². The van der Waals surface area contributed by atoms with Crippen LogP contribution in [0.4, 0.5) is 0 Å². The van der Waals surface area contributed by atoms with Gasteiger partial charge in [0, 0.05) is 6.04 Å². The highest BCUT2D eigenvalue weighted by Crippen LogP contribution is 2.31. The van der Waals surface area contributed by atoms with Crippen LogP contribution in [0.1, 0.15) is 104 Å². The monoisotopic (exact) mass is 281 g/mol. The van der Waals surface area contributed by atoms with E-state index in [9.17, 15) is 0 Å². The third-order valence-corrected chi connectivity index (χ3v) is 4.99. The average Bonchev–Trinajstić information content (AvgIpc) is 2.40. The quantitative estimate of drug-likeness (QED) is 0.381. The van der Waals surface area contributed by atoms with Gasteiger partial charge in [-0.05, 0) is 25.3 Å². The predicted molar refractivity (Wildman–Crippen MR) is 91.3 cm³/mol. The molecule has 1 heteroatoms. The first kappa shape index (κ1) is 18.0. The molecule has 0 aromatic heterocycles. The molecule has 1 rings (SSSR count). The van der Waals surface area contributed by atoms with Gasteiger partial charge in [0.05, 0.1) is 0 Å². The van der Waals surface area contributed by atoms with Crippen molar-refractivity contribution >= 4 is 0 Å². The van der Waals surface area contributed by atoms with Gasteiger partial charge in [-0.25, -0.2) is 0 Å². The van der Waals surface area contributed by atoms with Gasteiger partial charge in [0.2, 0.25) is 0 Å². The second-order valence-corrected chi connectivity index (χ2v) is 6.90. The minimum absolute atomic E-state index is 0.815. The molecule has 1 atom stereocenters. The molecule has 0 saturated heterocycles. The first-order valence-electron chi connectivity index (χ1n) is 9.60. The van der Waals surface area contributed by atoms with Crippen molar-refractivity contribution in [3.8, 4) is 0 Å². The summed E-state index contributed by atoms with van der Waals surface area (Å²) in [7, 11) is 0. The van der Waals surface area contributed by atoms with Crippen LogP contribution in [0.2, 0.25) is 0 Å². The number of hydrogen-bond acceptors (Lipinski definition) is 1. The molecule has 120 valence electrons. The van der Waals surface area contributed by atoms with Crippen molar-refractivity contribution in [3.63, 3.8) is 0 Å². The van der Waals surface area contributed by atoms with Gasteiger partial charge >= 0.3 is 0 Å². The highest BCUT2D eigenvalue weighted by molar-refractivity contribution is 4.77. The van der Waals surface area contributed by atoms with Gasteiger partial charge in [-0.1, -0.05) is 90.9 Å². The summed E-state index contributed by atoms with van der Waals surface area (Å²) in [5, 5.41) is 3.71. The minimum Gasteiger partial charge on any atom is -0.314 e. The molecule has 1 aliphatic carbocycles. The molecule has 0 heterocycles. The van der Waals surface area contributed by atoms with Crippen LogP contribution in [0, 0.1) is 5.92 Å². The summed E-state index contributed by atoms with van der Waals surface area (Å²) < 4.78 is 0. The van der Waals surface area contributed by atoms with Crippen LogP contribution in [-0.2, 0) is 0 Å². The Bertz CT molecular complexity index is 198. The Balaban J connectivity index is 1.89. The van der Waals surface area contributed by atoms with E-state index in [1.54, 1.807) is 0 Å². The third-order valence-electron chi connectivity index (χ3n) is 4.99. The molecule has 1 unspecified atom stereocenters. The second-order valence-electron chi connectivity index (χ2n) is 6.90. The van der Waals surface area contributed by atoms with E-state index in [1.165, 1.54) is 89.9 Å². The SMILES string of the molecule is CCCCCCCCCCCC(CC1CCC1)NCC. The van der Waals surface area contributed by atoms with Gasteiger partial charge < -0.3 is 5.32 Å². The normalized spacial score (nSPS) is 17.1. The third kappa shape index (κ3) is 9.00.